The number of hydrogen-bond donors (Lipinski definition) is 2. The van der Waals surface area contributed by atoms with Gasteiger partial charge in [-0.1, -0.05) is 6.92 Å². The molecule has 0 unspecified atom stereocenters. The van der Waals surface area contributed by atoms with Gasteiger partial charge in [0.05, 0.1) is 6.10 Å². The zero-order valence-corrected chi connectivity index (χ0v) is 7.95. The van der Waals surface area contributed by atoms with Crippen LogP contribution in [0.1, 0.15) is 26.2 Å². The molecule has 1 saturated heterocycles. The van der Waals surface area contributed by atoms with Gasteiger partial charge in [-0.3, -0.25) is 4.79 Å². The van der Waals surface area contributed by atoms with E-state index in [2.05, 4.69) is 5.32 Å². The second-order valence-electron chi connectivity index (χ2n) is 3.34. The van der Waals surface area contributed by atoms with Crippen LogP contribution in [-0.2, 0) is 9.53 Å². The fourth-order valence-electron chi connectivity index (χ4n) is 1.49. The Balaban J connectivity index is 2.18. The van der Waals surface area contributed by atoms with Crippen molar-refractivity contribution in [3.05, 3.63) is 0 Å². The summed E-state index contributed by atoms with van der Waals surface area (Å²) in [4.78, 5) is 10.6. The lowest BCUT2D eigenvalue weighted by Crippen LogP contribution is -2.40. The summed E-state index contributed by atoms with van der Waals surface area (Å²) in [5, 5.41) is 11.7. The summed E-state index contributed by atoms with van der Waals surface area (Å²) in [7, 11) is 0. The Labute approximate surface area is 78.3 Å². The molecular formula is C9H17NO3. The highest BCUT2D eigenvalue weighted by Crippen LogP contribution is 2.10. The molecule has 4 heteroatoms. The summed E-state index contributed by atoms with van der Waals surface area (Å²) in [5.41, 5.74) is 0. The SMILES string of the molecule is CC[C@H](NC[C@H]1CCCO1)C(=O)O. The second-order valence-corrected chi connectivity index (χ2v) is 3.34. The molecule has 0 bridgehead atoms. The minimum absolute atomic E-state index is 0.216. The average Bonchev–Trinajstić information content (AvgIpc) is 2.57. The molecule has 0 aromatic carbocycles. The first-order valence-corrected chi connectivity index (χ1v) is 4.81. The van der Waals surface area contributed by atoms with Crippen molar-refractivity contribution in [2.45, 2.75) is 38.3 Å². The van der Waals surface area contributed by atoms with Gasteiger partial charge in [-0.15, -0.1) is 0 Å². The minimum atomic E-state index is -0.777. The van der Waals surface area contributed by atoms with Gasteiger partial charge in [0, 0.05) is 13.2 Å². The van der Waals surface area contributed by atoms with E-state index in [0.29, 0.717) is 13.0 Å². The van der Waals surface area contributed by atoms with E-state index in [9.17, 15) is 4.79 Å². The van der Waals surface area contributed by atoms with Crippen molar-refractivity contribution in [1.29, 1.82) is 0 Å². The van der Waals surface area contributed by atoms with Gasteiger partial charge in [-0.25, -0.2) is 0 Å². The molecule has 1 aliphatic rings. The van der Waals surface area contributed by atoms with E-state index < -0.39 is 12.0 Å². The Morgan fingerprint density at radius 2 is 2.54 bits per heavy atom. The largest absolute Gasteiger partial charge is 0.480 e. The van der Waals surface area contributed by atoms with Crippen LogP contribution in [0, 0.1) is 0 Å². The van der Waals surface area contributed by atoms with Crippen molar-refractivity contribution in [1.82, 2.24) is 5.32 Å². The summed E-state index contributed by atoms with van der Waals surface area (Å²) in [6.45, 7) is 3.34. The summed E-state index contributed by atoms with van der Waals surface area (Å²) in [6, 6.07) is -0.427. The molecule has 2 atom stereocenters. The van der Waals surface area contributed by atoms with Crippen molar-refractivity contribution in [2.24, 2.45) is 0 Å². The highest BCUT2D eigenvalue weighted by atomic mass is 16.5. The van der Waals surface area contributed by atoms with Crippen LogP contribution in [0.15, 0.2) is 0 Å². The third-order valence-electron chi connectivity index (χ3n) is 2.32. The van der Waals surface area contributed by atoms with Crippen LogP contribution in [0.5, 0.6) is 0 Å². The van der Waals surface area contributed by atoms with E-state index in [0.717, 1.165) is 19.4 Å². The zero-order valence-electron chi connectivity index (χ0n) is 7.95. The molecule has 0 amide bonds. The van der Waals surface area contributed by atoms with Gasteiger partial charge in [0.25, 0.3) is 0 Å². The normalized spacial score (nSPS) is 24.5. The molecule has 4 nitrogen and oxygen atoms in total. The van der Waals surface area contributed by atoms with Crippen molar-refractivity contribution in [3.63, 3.8) is 0 Å². The maximum Gasteiger partial charge on any atom is 0.320 e. The molecule has 0 radical (unpaired) electrons. The lowest BCUT2D eigenvalue weighted by atomic mass is 10.2. The maximum absolute atomic E-state index is 10.6. The highest BCUT2D eigenvalue weighted by molar-refractivity contribution is 5.73. The standard InChI is InChI=1S/C9H17NO3/c1-2-8(9(11)12)10-6-7-4-3-5-13-7/h7-8,10H,2-6H2,1H3,(H,11,12)/t7-,8+/m1/s1. The predicted octanol–water partition coefficient (Wildman–Crippen LogP) is 0.618. The van der Waals surface area contributed by atoms with E-state index in [1.54, 1.807) is 0 Å². The van der Waals surface area contributed by atoms with Gasteiger partial charge in [0.2, 0.25) is 0 Å². The first kappa shape index (κ1) is 10.5. The first-order chi connectivity index (χ1) is 6.24. The van der Waals surface area contributed by atoms with Crippen LogP contribution in [-0.4, -0.2) is 36.4 Å². The van der Waals surface area contributed by atoms with Gasteiger partial charge < -0.3 is 15.2 Å². The number of nitrogens with one attached hydrogen (secondary N) is 1. The molecule has 1 aliphatic heterocycles. The average molecular weight is 187 g/mol. The fourth-order valence-corrected chi connectivity index (χ4v) is 1.49. The third-order valence-corrected chi connectivity index (χ3v) is 2.32. The van der Waals surface area contributed by atoms with Crippen LogP contribution < -0.4 is 5.32 Å². The summed E-state index contributed by atoms with van der Waals surface area (Å²) < 4.78 is 5.37. The lowest BCUT2D eigenvalue weighted by Gasteiger charge is -2.15. The van der Waals surface area contributed by atoms with E-state index in [4.69, 9.17) is 9.84 Å². The molecule has 0 aromatic heterocycles. The zero-order chi connectivity index (χ0) is 9.68. The van der Waals surface area contributed by atoms with Crippen LogP contribution in [0.2, 0.25) is 0 Å². The van der Waals surface area contributed by atoms with Gasteiger partial charge >= 0.3 is 5.97 Å². The van der Waals surface area contributed by atoms with Crippen LogP contribution in [0.4, 0.5) is 0 Å². The van der Waals surface area contributed by atoms with Crippen LogP contribution in [0.25, 0.3) is 0 Å². The van der Waals surface area contributed by atoms with E-state index in [1.165, 1.54) is 0 Å². The van der Waals surface area contributed by atoms with Gasteiger partial charge in [0.15, 0.2) is 0 Å². The Morgan fingerprint density at radius 1 is 1.77 bits per heavy atom. The van der Waals surface area contributed by atoms with Gasteiger partial charge in [-0.2, -0.15) is 0 Å². The molecule has 0 aromatic rings. The maximum atomic E-state index is 10.6. The number of hydrogen-bond acceptors (Lipinski definition) is 3. The molecule has 0 aliphatic carbocycles. The molecular weight excluding hydrogens is 170 g/mol. The van der Waals surface area contributed by atoms with Gasteiger partial charge in [0.1, 0.15) is 6.04 Å². The molecule has 76 valence electrons. The van der Waals surface area contributed by atoms with E-state index >= 15 is 0 Å². The van der Waals surface area contributed by atoms with Crippen molar-refractivity contribution < 1.29 is 14.6 Å². The molecule has 1 rings (SSSR count). The number of aliphatic carboxylic acids is 1. The van der Waals surface area contributed by atoms with Crippen LogP contribution >= 0.6 is 0 Å². The molecule has 0 spiro atoms. The molecule has 1 fully saturated rings. The second kappa shape index (κ2) is 5.19. The first-order valence-electron chi connectivity index (χ1n) is 4.81. The summed E-state index contributed by atoms with van der Waals surface area (Å²) in [6.07, 6.45) is 2.97. The number of carboxylic acid groups (broad SMARTS) is 1. The lowest BCUT2D eigenvalue weighted by molar-refractivity contribution is -0.139. The molecule has 1 heterocycles. The number of carboxylic acids is 1. The minimum Gasteiger partial charge on any atom is -0.480 e. The Morgan fingerprint density at radius 3 is 3.00 bits per heavy atom. The highest BCUT2D eigenvalue weighted by Gasteiger charge is 2.19. The summed E-state index contributed by atoms with van der Waals surface area (Å²) in [5.74, 6) is -0.777. The third kappa shape index (κ3) is 3.32. The predicted molar refractivity (Wildman–Crippen MR) is 48.7 cm³/mol. The number of carbonyl (C=O) groups is 1. The van der Waals surface area contributed by atoms with Crippen molar-refractivity contribution in [2.75, 3.05) is 13.2 Å². The monoisotopic (exact) mass is 187 g/mol. The molecule has 13 heavy (non-hydrogen) atoms. The Hall–Kier alpha value is -0.610. The van der Waals surface area contributed by atoms with Crippen molar-refractivity contribution >= 4 is 5.97 Å². The molecule has 0 saturated carbocycles. The van der Waals surface area contributed by atoms with E-state index in [1.807, 2.05) is 6.92 Å². The Bertz CT molecular complexity index is 166. The topological polar surface area (TPSA) is 58.6 Å². The number of rotatable bonds is 5. The quantitative estimate of drug-likeness (QED) is 0.662. The van der Waals surface area contributed by atoms with Gasteiger partial charge in [-0.05, 0) is 19.3 Å². The smallest absolute Gasteiger partial charge is 0.320 e. The number of ether oxygens (including phenoxy) is 1. The fraction of sp³-hybridized carbons (Fsp3) is 0.889. The van der Waals surface area contributed by atoms with E-state index in [-0.39, 0.29) is 6.10 Å². The molecule has 2 N–H and O–H groups in total. The summed E-state index contributed by atoms with van der Waals surface area (Å²) >= 11 is 0. The van der Waals surface area contributed by atoms with Crippen LogP contribution in [0.3, 0.4) is 0 Å². The Kier molecular flexibility index (Phi) is 4.18. The van der Waals surface area contributed by atoms with Crippen molar-refractivity contribution in [3.8, 4) is 0 Å².